The molecule has 0 aromatic heterocycles. The second-order valence-corrected chi connectivity index (χ2v) is 7.33. The molecule has 0 heterocycles. The molecule has 5 N–H and O–H groups in total. The topological polar surface area (TPSA) is 144 Å². The van der Waals surface area contributed by atoms with Crippen molar-refractivity contribution in [1.82, 2.24) is 0 Å². The van der Waals surface area contributed by atoms with E-state index in [4.69, 9.17) is 5.11 Å². The van der Waals surface area contributed by atoms with Crippen LogP contribution in [0.1, 0.15) is 29.8 Å². The third-order valence-corrected chi connectivity index (χ3v) is 4.62. The third-order valence-electron chi connectivity index (χ3n) is 2.57. The van der Waals surface area contributed by atoms with E-state index in [1.165, 1.54) is 0 Å². The zero-order valence-corrected chi connectivity index (χ0v) is 12.6. The Labute approximate surface area is 117 Å². The Hall–Kier alpha value is -1.76. The van der Waals surface area contributed by atoms with Gasteiger partial charge in [0.15, 0.2) is 0 Å². The number of aromatic hydroxyl groups is 1. The predicted octanol–water partition coefficient (Wildman–Crippen LogP) is -0.828. The number of rotatable bonds is 4. The van der Waals surface area contributed by atoms with E-state index in [2.05, 4.69) is 5.32 Å². The summed E-state index contributed by atoms with van der Waals surface area (Å²) in [6.45, 7) is 2.65. The second kappa shape index (κ2) is 5.70. The zero-order chi connectivity index (χ0) is 15.7. The van der Waals surface area contributed by atoms with E-state index in [9.17, 15) is 26.6 Å². The summed E-state index contributed by atoms with van der Waals surface area (Å²) in [5.74, 6) is -2.91. The first-order valence-corrected chi connectivity index (χ1v) is 8.93. The summed E-state index contributed by atoms with van der Waals surface area (Å²) in [4.78, 5) is 22.3. The molecule has 0 atom stereocenters. The zero-order valence-electron chi connectivity index (χ0n) is 10.7. The van der Waals surface area contributed by atoms with Crippen molar-refractivity contribution in [3.05, 3.63) is 17.2 Å². The number of hydrogen-bond donors (Lipinski definition) is 5. The van der Waals surface area contributed by atoms with Gasteiger partial charge in [-0.15, -0.1) is 0 Å². The summed E-state index contributed by atoms with van der Waals surface area (Å²) in [5, 5.41) is 21.0. The molecule has 9 heteroatoms. The number of nitrogens with one attached hydrogen (secondary N) is 1. The Morgan fingerprint density at radius 3 is 2.25 bits per heavy atom. The molecular formula is C11H14AsNO7. The van der Waals surface area contributed by atoms with Crippen molar-refractivity contribution in [2.24, 2.45) is 0 Å². The minimum atomic E-state index is -5.49. The molecule has 1 aromatic carbocycles. The van der Waals surface area contributed by atoms with Crippen LogP contribution < -0.4 is 9.67 Å². The predicted molar refractivity (Wildman–Crippen MR) is 69.3 cm³/mol. The van der Waals surface area contributed by atoms with Crippen LogP contribution >= 0.6 is 0 Å². The molecule has 0 bridgehead atoms. The van der Waals surface area contributed by atoms with Crippen LogP contribution in [0.15, 0.2) is 6.07 Å². The van der Waals surface area contributed by atoms with Gasteiger partial charge in [0.05, 0.1) is 0 Å². The molecule has 0 unspecified atom stereocenters. The average molecular weight is 347 g/mol. The van der Waals surface area contributed by atoms with Gasteiger partial charge >= 0.3 is 116 Å². The van der Waals surface area contributed by atoms with Gasteiger partial charge in [-0.25, -0.2) is 0 Å². The van der Waals surface area contributed by atoms with E-state index in [0.717, 1.165) is 13.0 Å². The Morgan fingerprint density at radius 2 is 1.90 bits per heavy atom. The molecule has 0 saturated carbocycles. The molecule has 0 radical (unpaired) electrons. The minimum absolute atomic E-state index is 0.0798. The summed E-state index contributed by atoms with van der Waals surface area (Å²) in [5.41, 5.74) is -1.21. The molecule has 110 valence electrons. The Kier molecular flexibility index (Phi) is 4.64. The van der Waals surface area contributed by atoms with Crippen molar-refractivity contribution in [2.45, 2.75) is 20.3 Å². The van der Waals surface area contributed by atoms with Gasteiger partial charge in [0.1, 0.15) is 0 Å². The summed E-state index contributed by atoms with van der Waals surface area (Å²) in [7, 11) is 0. The molecule has 1 amide bonds. The molecule has 0 saturated heterocycles. The van der Waals surface area contributed by atoms with Gasteiger partial charge in [-0.2, -0.15) is 0 Å². The van der Waals surface area contributed by atoms with Crippen LogP contribution in [0.3, 0.4) is 0 Å². The summed E-state index contributed by atoms with van der Waals surface area (Å²) in [6, 6.07) is 1.02. The number of phenols is 1. The normalized spacial score (nSPS) is 11.2. The van der Waals surface area contributed by atoms with Gasteiger partial charge in [-0.3, -0.25) is 0 Å². The van der Waals surface area contributed by atoms with E-state index in [1.54, 1.807) is 6.92 Å². The summed E-state index contributed by atoms with van der Waals surface area (Å²) < 4.78 is 29.6. The van der Waals surface area contributed by atoms with Crippen LogP contribution in [0, 0.1) is 0 Å². The quantitative estimate of drug-likeness (QED) is 0.447. The van der Waals surface area contributed by atoms with Crippen LogP contribution in [-0.2, 0) is 15.0 Å². The third kappa shape index (κ3) is 3.22. The van der Waals surface area contributed by atoms with E-state index < -0.39 is 47.4 Å². The van der Waals surface area contributed by atoms with Crippen LogP contribution in [0.5, 0.6) is 5.75 Å². The fourth-order valence-electron chi connectivity index (χ4n) is 1.72. The van der Waals surface area contributed by atoms with Crippen molar-refractivity contribution < 1.29 is 31.7 Å². The van der Waals surface area contributed by atoms with Gasteiger partial charge in [0, 0.05) is 0 Å². The molecule has 0 spiro atoms. The van der Waals surface area contributed by atoms with Gasteiger partial charge in [-0.05, 0) is 0 Å². The SMILES string of the molecule is CCc1cc([As](=O)(O)O)c(NC(C)=O)c(C(=O)O)c1O. The van der Waals surface area contributed by atoms with E-state index in [-0.39, 0.29) is 12.0 Å². The molecule has 0 aliphatic heterocycles. The monoisotopic (exact) mass is 347 g/mol. The first kappa shape index (κ1) is 16.3. The van der Waals surface area contributed by atoms with Crippen molar-refractivity contribution >= 4 is 36.1 Å². The number of aryl methyl sites for hydroxylation is 1. The van der Waals surface area contributed by atoms with Crippen LogP contribution in [0.4, 0.5) is 5.69 Å². The second-order valence-electron chi connectivity index (χ2n) is 4.04. The molecule has 8 nitrogen and oxygen atoms in total. The number of carboxylic acid groups (broad SMARTS) is 1. The first-order valence-electron chi connectivity index (χ1n) is 5.55. The average Bonchev–Trinajstić information content (AvgIpc) is 2.26. The molecule has 0 aliphatic carbocycles. The maximum absolute atomic E-state index is 11.5. The number of anilines is 1. The number of carbonyl (C=O) groups excluding carboxylic acids is 1. The number of carbonyl (C=O) groups is 2. The molecule has 20 heavy (non-hydrogen) atoms. The van der Waals surface area contributed by atoms with Crippen LogP contribution in [0.25, 0.3) is 0 Å². The van der Waals surface area contributed by atoms with Gasteiger partial charge in [0.25, 0.3) is 0 Å². The number of hydrogen-bond acceptors (Lipinski definition) is 4. The molecule has 0 fully saturated rings. The van der Waals surface area contributed by atoms with Crippen molar-refractivity contribution in [3.8, 4) is 5.75 Å². The molecule has 0 aliphatic rings. The van der Waals surface area contributed by atoms with E-state index in [1.807, 2.05) is 0 Å². The van der Waals surface area contributed by atoms with Crippen molar-refractivity contribution in [3.63, 3.8) is 0 Å². The Bertz CT molecular complexity index is 620. The fraction of sp³-hybridized carbons (Fsp3) is 0.273. The Morgan fingerprint density at radius 1 is 1.35 bits per heavy atom. The van der Waals surface area contributed by atoms with Crippen molar-refractivity contribution in [2.75, 3.05) is 5.32 Å². The van der Waals surface area contributed by atoms with E-state index in [0.29, 0.717) is 0 Å². The summed E-state index contributed by atoms with van der Waals surface area (Å²) >= 11 is -5.49. The standard InChI is InChI=1S/C11H14AsNO7/c1-3-6-4-7(12(18,19)20)9(13-5(2)14)8(10(6)15)11(16)17/h4,15H,3H2,1-2H3,(H,13,14)(H,16,17)(H2,18,19,20). The Balaban J connectivity index is 3.82. The van der Waals surface area contributed by atoms with Crippen molar-refractivity contribution in [1.29, 1.82) is 0 Å². The van der Waals surface area contributed by atoms with Gasteiger partial charge < -0.3 is 0 Å². The van der Waals surface area contributed by atoms with E-state index >= 15 is 0 Å². The molecular weight excluding hydrogens is 333 g/mol. The number of benzene rings is 1. The summed E-state index contributed by atoms with van der Waals surface area (Å²) in [6.07, 6.45) is 0.176. The van der Waals surface area contributed by atoms with Gasteiger partial charge in [0.2, 0.25) is 0 Å². The fourth-order valence-corrected chi connectivity index (χ4v) is 3.37. The van der Waals surface area contributed by atoms with Crippen LogP contribution in [0.2, 0.25) is 0 Å². The van der Waals surface area contributed by atoms with Gasteiger partial charge in [-0.1, -0.05) is 0 Å². The first-order chi connectivity index (χ1) is 9.09. The number of carboxylic acids is 1. The maximum atomic E-state index is 11.5. The molecule has 1 aromatic rings. The number of amides is 1. The number of aromatic carboxylic acids is 1. The van der Waals surface area contributed by atoms with Crippen LogP contribution in [-0.4, -0.2) is 44.5 Å². The molecule has 1 rings (SSSR count).